The number of carbonyl (C=O) groups is 2. The van der Waals surface area contributed by atoms with E-state index in [1.807, 2.05) is 0 Å². The molecule has 0 aromatic heterocycles. The average molecular weight is 344 g/mol. The molecule has 0 aliphatic heterocycles. The van der Waals surface area contributed by atoms with E-state index in [-0.39, 0.29) is 23.6 Å². The van der Waals surface area contributed by atoms with Crippen molar-refractivity contribution in [2.45, 2.75) is 6.92 Å². The highest BCUT2D eigenvalue weighted by atomic mass is 16.6. The molecule has 0 radical (unpaired) electrons. The van der Waals surface area contributed by atoms with E-state index in [0.29, 0.717) is 11.3 Å². The second-order valence-corrected chi connectivity index (χ2v) is 4.90. The van der Waals surface area contributed by atoms with Crippen LogP contribution in [0.25, 0.3) is 0 Å². The van der Waals surface area contributed by atoms with E-state index in [4.69, 9.17) is 4.74 Å². The SMILES string of the molecule is CCOc1ccc(C(=O)Nc2ccc(C(=O)OC)cc2)cc1[N+](=O)[O-]. The van der Waals surface area contributed by atoms with Crippen molar-refractivity contribution >= 4 is 23.3 Å². The van der Waals surface area contributed by atoms with Gasteiger partial charge in [-0.2, -0.15) is 0 Å². The van der Waals surface area contributed by atoms with E-state index in [9.17, 15) is 19.7 Å². The van der Waals surface area contributed by atoms with Crippen LogP contribution in [0.15, 0.2) is 42.5 Å². The summed E-state index contributed by atoms with van der Waals surface area (Å²) in [5, 5.41) is 13.7. The van der Waals surface area contributed by atoms with Crippen molar-refractivity contribution in [1.29, 1.82) is 0 Å². The van der Waals surface area contributed by atoms with Gasteiger partial charge in [0.2, 0.25) is 0 Å². The molecule has 0 heterocycles. The molecule has 0 unspecified atom stereocenters. The van der Waals surface area contributed by atoms with E-state index in [2.05, 4.69) is 10.1 Å². The van der Waals surface area contributed by atoms with E-state index in [0.717, 1.165) is 6.07 Å². The number of nitrogens with one attached hydrogen (secondary N) is 1. The average Bonchev–Trinajstić information content (AvgIpc) is 2.62. The van der Waals surface area contributed by atoms with Crippen LogP contribution in [0.1, 0.15) is 27.6 Å². The maximum Gasteiger partial charge on any atom is 0.337 e. The highest BCUT2D eigenvalue weighted by Gasteiger charge is 2.18. The zero-order valence-electron chi connectivity index (χ0n) is 13.6. The van der Waals surface area contributed by atoms with Crippen molar-refractivity contribution in [3.63, 3.8) is 0 Å². The number of ether oxygens (including phenoxy) is 2. The molecule has 0 spiro atoms. The Morgan fingerprint density at radius 1 is 1.12 bits per heavy atom. The topological polar surface area (TPSA) is 108 Å². The summed E-state index contributed by atoms with van der Waals surface area (Å²) in [5.74, 6) is -0.900. The predicted molar refractivity (Wildman–Crippen MR) is 90.0 cm³/mol. The third-order valence-electron chi connectivity index (χ3n) is 3.28. The number of anilines is 1. The lowest BCUT2D eigenvalue weighted by Gasteiger charge is -2.08. The van der Waals surface area contributed by atoms with Crippen LogP contribution in [0.2, 0.25) is 0 Å². The van der Waals surface area contributed by atoms with Gasteiger partial charge in [-0.15, -0.1) is 0 Å². The molecule has 8 heteroatoms. The lowest BCUT2D eigenvalue weighted by Crippen LogP contribution is -2.12. The molecule has 0 saturated heterocycles. The van der Waals surface area contributed by atoms with E-state index < -0.39 is 16.8 Å². The molecule has 0 aliphatic rings. The molecule has 1 amide bonds. The summed E-state index contributed by atoms with van der Waals surface area (Å²) in [7, 11) is 1.27. The first kappa shape index (κ1) is 17.9. The quantitative estimate of drug-likeness (QED) is 0.490. The van der Waals surface area contributed by atoms with Crippen LogP contribution in [0.3, 0.4) is 0 Å². The van der Waals surface area contributed by atoms with Crippen LogP contribution in [0, 0.1) is 10.1 Å². The minimum Gasteiger partial charge on any atom is -0.487 e. The van der Waals surface area contributed by atoms with Crippen molar-refractivity contribution in [2.75, 3.05) is 19.0 Å². The molecule has 1 N–H and O–H groups in total. The zero-order valence-corrected chi connectivity index (χ0v) is 13.6. The molecule has 0 aliphatic carbocycles. The molecule has 0 fully saturated rings. The maximum absolute atomic E-state index is 12.3. The first-order valence-corrected chi connectivity index (χ1v) is 7.37. The predicted octanol–water partition coefficient (Wildman–Crippen LogP) is 3.03. The van der Waals surface area contributed by atoms with Gasteiger partial charge in [0.1, 0.15) is 0 Å². The Morgan fingerprint density at radius 2 is 1.76 bits per heavy atom. The number of hydrogen-bond donors (Lipinski definition) is 1. The number of benzene rings is 2. The smallest absolute Gasteiger partial charge is 0.337 e. The Kier molecular flexibility index (Phi) is 5.67. The number of esters is 1. The molecule has 130 valence electrons. The van der Waals surface area contributed by atoms with E-state index >= 15 is 0 Å². The number of carbonyl (C=O) groups excluding carboxylic acids is 2. The summed E-state index contributed by atoms with van der Waals surface area (Å²) >= 11 is 0. The Balaban J connectivity index is 2.19. The number of nitrogens with zero attached hydrogens (tertiary/aromatic N) is 1. The summed E-state index contributed by atoms with van der Waals surface area (Å²) in [6.45, 7) is 1.99. The van der Waals surface area contributed by atoms with Gasteiger partial charge >= 0.3 is 11.7 Å². The molecule has 0 atom stereocenters. The summed E-state index contributed by atoms with van der Waals surface area (Å²) in [4.78, 5) is 34.1. The molecule has 0 saturated carbocycles. The van der Waals surface area contributed by atoms with E-state index in [1.54, 1.807) is 6.92 Å². The molecule has 2 aromatic rings. The lowest BCUT2D eigenvalue weighted by molar-refractivity contribution is -0.385. The van der Waals surface area contributed by atoms with Crippen LogP contribution < -0.4 is 10.1 Å². The molecule has 0 bridgehead atoms. The fourth-order valence-corrected chi connectivity index (χ4v) is 2.09. The van der Waals surface area contributed by atoms with Crippen molar-refractivity contribution in [3.05, 3.63) is 63.7 Å². The summed E-state index contributed by atoms with van der Waals surface area (Å²) in [5.41, 5.74) is 0.620. The van der Waals surface area contributed by atoms with Gasteiger partial charge in [-0.1, -0.05) is 0 Å². The fraction of sp³-hybridized carbons (Fsp3) is 0.176. The summed E-state index contributed by atoms with van der Waals surface area (Å²) in [6, 6.07) is 10.1. The highest BCUT2D eigenvalue weighted by Crippen LogP contribution is 2.28. The Morgan fingerprint density at radius 3 is 2.32 bits per heavy atom. The molecular formula is C17H16N2O6. The first-order valence-electron chi connectivity index (χ1n) is 7.37. The van der Waals surface area contributed by atoms with E-state index in [1.165, 1.54) is 43.5 Å². The van der Waals surface area contributed by atoms with Gasteiger partial charge in [0.25, 0.3) is 5.91 Å². The van der Waals surface area contributed by atoms with Gasteiger partial charge in [0.05, 0.1) is 24.2 Å². The highest BCUT2D eigenvalue weighted by molar-refractivity contribution is 6.05. The molecule has 2 aromatic carbocycles. The zero-order chi connectivity index (χ0) is 18.4. The first-order chi connectivity index (χ1) is 12.0. The van der Waals surface area contributed by atoms with Gasteiger partial charge in [0, 0.05) is 17.3 Å². The van der Waals surface area contributed by atoms with Crippen molar-refractivity contribution < 1.29 is 24.0 Å². The second-order valence-electron chi connectivity index (χ2n) is 4.90. The Bertz CT molecular complexity index is 801. The summed E-state index contributed by atoms with van der Waals surface area (Å²) in [6.07, 6.45) is 0. The van der Waals surface area contributed by atoms with Crippen molar-refractivity contribution in [1.82, 2.24) is 0 Å². The maximum atomic E-state index is 12.3. The number of hydrogen-bond acceptors (Lipinski definition) is 6. The van der Waals surface area contributed by atoms with Crippen molar-refractivity contribution in [3.8, 4) is 5.75 Å². The van der Waals surface area contributed by atoms with Crippen LogP contribution in [-0.4, -0.2) is 30.5 Å². The van der Waals surface area contributed by atoms with Gasteiger partial charge in [-0.3, -0.25) is 14.9 Å². The third kappa shape index (κ3) is 4.31. The molecular weight excluding hydrogens is 328 g/mol. The van der Waals surface area contributed by atoms with Crippen LogP contribution >= 0.6 is 0 Å². The third-order valence-corrected chi connectivity index (χ3v) is 3.28. The van der Waals surface area contributed by atoms with Gasteiger partial charge in [-0.25, -0.2) is 4.79 Å². The number of nitro benzene ring substituents is 1. The molecule has 8 nitrogen and oxygen atoms in total. The number of methoxy groups -OCH3 is 1. The number of rotatable bonds is 6. The van der Waals surface area contributed by atoms with Crippen LogP contribution in [0.5, 0.6) is 5.75 Å². The minimum atomic E-state index is -0.604. The standard InChI is InChI=1S/C17H16N2O6/c1-3-25-15-9-6-12(10-14(15)19(22)23)16(20)18-13-7-4-11(5-8-13)17(21)24-2/h4-10H,3H2,1-2H3,(H,18,20). The van der Waals surface area contributed by atoms with Crippen LogP contribution in [0.4, 0.5) is 11.4 Å². The minimum absolute atomic E-state index is 0.103. The van der Waals surface area contributed by atoms with Gasteiger partial charge in [0.15, 0.2) is 5.75 Å². The normalized spacial score (nSPS) is 10.0. The van der Waals surface area contributed by atoms with Crippen molar-refractivity contribution in [2.24, 2.45) is 0 Å². The summed E-state index contributed by atoms with van der Waals surface area (Å²) < 4.78 is 9.77. The largest absolute Gasteiger partial charge is 0.487 e. The Hall–Kier alpha value is -3.42. The van der Waals surface area contributed by atoms with Gasteiger partial charge < -0.3 is 14.8 Å². The Labute approximate surface area is 143 Å². The number of amides is 1. The monoisotopic (exact) mass is 344 g/mol. The molecule has 2 rings (SSSR count). The lowest BCUT2D eigenvalue weighted by atomic mass is 10.1. The fourth-order valence-electron chi connectivity index (χ4n) is 2.09. The second kappa shape index (κ2) is 7.91. The number of nitro groups is 1. The van der Waals surface area contributed by atoms with Gasteiger partial charge in [-0.05, 0) is 43.3 Å². The molecule has 25 heavy (non-hydrogen) atoms. The van der Waals surface area contributed by atoms with Crippen LogP contribution in [-0.2, 0) is 4.74 Å².